The first-order chi connectivity index (χ1) is 12.7. The van der Waals surface area contributed by atoms with Gasteiger partial charge in [0, 0.05) is 12.6 Å². The standard InChI is InChI=1S/C19H15FN2O4/c20-15-4-2-1-3-14(15)17-8-13(22-26-17)9-19(23)21-10-12-5-6-16-18(7-12)25-11-24-16/h1-8H,9-11H2,(H,21,23). The van der Waals surface area contributed by atoms with Crippen LogP contribution < -0.4 is 14.8 Å². The van der Waals surface area contributed by atoms with Gasteiger partial charge >= 0.3 is 0 Å². The predicted molar refractivity (Wildman–Crippen MR) is 90.0 cm³/mol. The molecule has 132 valence electrons. The average molecular weight is 354 g/mol. The first kappa shape index (κ1) is 16.1. The zero-order valence-electron chi connectivity index (χ0n) is 13.7. The lowest BCUT2D eigenvalue weighted by Crippen LogP contribution is -2.24. The van der Waals surface area contributed by atoms with Gasteiger partial charge in [0.15, 0.2) is 17.3 Å². The van der Waals surface area contributed by atoms with Crippen molar-refractivity contribution >= 4 is 5.91 Å². The number of rotatable bonds is 5. The Balaban J connectivity index is 1.36. The van der Waals surface area contributed by atoms with Gasteiger partial charge in [-0.3, -0.25) is 4.79 Å². The SMILES string of the molecule is O=C(Cc1cc(-c2ccccc2F)on1)NCc1ccc2c(c1)OCO2. The third kappa shape index (κ3) is 3.37. The number of ether oxygens (including phenoxy) is 2. The quantitative estimate of drug-likeness (QED) is 0.762. The van der Waals surface area contributed by atoms with E-state index in [4.69, 9.17) is 14.0 Å². The number of aromatic nitrogens is 1. The molecule has 26 heavy (non-hydrogen) atoms. The number of fused-ring (bicyclic) bond motifs is 1. The zero-order valence-corrected chi connectivity index (χ0v) is 13.7. The number of halogens is 1. The van der Waals surface area contributed by atoms with E-state index in [1.54, 1.807) is 24.3 Å². The number of amides is 1. The van der Waals surface area contributed by atoms with E-state index in [0.717, 1.165) is 5.56 Å². The normalized spacial score (nSPS) is 12.2. The molecule has 0 radical (unpaired) electrons. The number of benzene rings is 2. The van der Waals surface area contributed by atoms with Gasteiger partial charge < -0.3 is 19.3 Å². The molecule has 0 fully saturated rings. The minimum atomic E-state index is -0.401. The summed E-state index contributed by atoms with van der Waals surface area (Å²) < 4.78 is 29.5. The molecular weight excluding hydrogens is 339 g/mol. The summed E-state index contributed by atoms with van der Waals surface area (Å²) in [5, 5.41) is 6.64. The van der Waals surface area contributed by atoms with Crippen molar-refractivity contribution in [2.24, 2.45) is 0 Å². The second-order valence-corrected chi connectivity index (χ2v) is 5.80. The van der Waals surface area contributed by atoms with Gasteiger partial charge in [0.1, 0.15) is 5.82 Å². The summed E-state index contributed by atoms with van der Waals surface area (Å²) in [7, 11) is 0. The molecule has 0 unspecified atom stereocenters. The van der Waals surface area contributed by atoms with Crippen molar-refractivity contribution in [1.82, 2.24) is 10.5 Å². The molecule has 0 spiro atoms. The molecule has 0 saturated heterocycles. The Morgan fingerprint density at radius 1 is 1.12 bits per heavy atom. The summed E-state index contributed by atoms with van der Waals surface area (Å²) in [5.41, 5.74) is 1.65. The smallest absolute Gasteiger partial charge is 0.231 e. The summed E-state index contributed by atoms with van der Waals surface area (Å²) in [6.45, 7) is 0.565. The summed E-state index contributed by atoms with van der Waals surface area (Å²) in [6.07, 6.45) is 0.0442. The minimum Gasteiger partial charge on any atom is -0.454 e. The number of nitrogens with one attached hydrogen (secondary N) is 1. The van der Waals surface area contributed by atoms with Gasteiger partial charge in [-0.05, 0) is 29.8 Å². The number of nitrogens with zero attached hydrogens (tertiary/aromatic N) is 1. The van der Waals surface area contributed by atoms with Crippen LogP contribution in [0, 0.1) is 5.82 Å². The topological polar surface area (TPSA) is 73.6 Å². The van der Waals surface area contributed by atoms with Crippen LogP contribution in [0.15, 0.2) is 53.1 Å². The average Bonchev–Trinajstić information content (AvgIpc) is 3.29. The third-order valence-corrected chi connectivity index (χ3v) is 3.97. The van der Waals surface area contributed by atoms with Crippen LogP contribution in [-0.2, 0) is 17.8 Å². The number of hydrogen-bond donors (Lipinski definition) is 1. The highest BCUT2D eigenvalue weighted by Gasteiger charge is 2.15. The molecule has 4 rings (SSSR count). The Hall–Kier alpha value is -3.35. The van der Waals surface area contributed by atoms with Crippen molar-refractivity contribution in [3.8, 4) is 22.8 Å². The summed E-state index contributed by atoms with van der Waals surface area (Å²) in [4.78, 5) is 12.1. The van der Waals surface area contributed by atoms with Crippen LogP contribution in [0.4, 0.5) is 4.39 Å². The predicted octanol–water partition coefficient (Wildman–Crippen LogP) is 3.07. The highest BCUT2D eigenvalue weighted by Crippen LogP contribution is 2.32. The largest absolute Gasteiger partial charge is 0.454 e. The summed E-state index contributed by atoms with van der Waals surface area (Å²) in [5.74, 6) is 1.05. The zero-order chi connectivity index (χ0) is 17.9. The maximum atomic E-state index is 13.8. The van der Waals surface area contributed by atoms with Crippen LogP contribution >= 0.6 is 0 Å². The molecule has 6 nitrogen and oxygen atoms in total. The second kappa shape index (κ2) is 6.87. The van der Waals surface area contributed by atoms with Crippen LogP contribution in [0.2, 0.25) is 0 Å². The van der Waals surface area contributed by atoms with E-state index in [0.29, 0.717) is 35.1 Å². The third-order valence-electron chi connectivity index (χ3n) is 3.97. The van der Waals surface area contributed by atoms with Gasteiger partial charge in [0.25, 0.3) is 0 Å². The summed E-state index contributed by atoms with van der Waals surface area (Å²) >= 11 is 0. The first-order valence-corrected chi connectivity index (χ1v) is 8.05. The molecular formula is C19H15FN2O4. The van der Waals surface area contributed by atoms with E-state index in [-0.39, 0.29) is 19.1 Å². The van der Waals surface area contributed by atoms with E-state index in [1.807, 2.05) is 18.2 Å². The van der Waals surface area contributed by atoms with Crippen LogP contribution in [0.25, 0.3) is 11.3 Å². The molecule has 0 aliphatic carbocycles. The first-order valence-electron chi connectivity index (χ1n) is 8.05. The second-order valence-electron chi connectivity index (χ2n) is 5.80. The Morgan fingerprint density at radius 2 is 1.96 bits per heavy atom. The van der Waals surface area contributed by atoms with Crippen molar-refractivity contribution in [1.29, 1.82) is 0 Å². The van der Waals surface area contributed by atoms with Crippen molar-refractivity contribution in [3.63, 3.8) is 0 Å². The molecule has 2 aromatic carbocycles. The number of hydrogen-bond acceptors (Lipinski definition) is 5. The maximum absolute atomic E-state index is 13.8. The van der Waals surface area contributed by atoms with Gasteiger partial charge in [-0.15, -0.1) is 0 Å². The lowest BCUT2D eigenvalue weighted by Gasteiger charge is -2.05. The van der Waals surface area contributed by atoms with E-state index < -0.39 is 5.82 Å². The van der Waals surface area contributed by atoms with E-state index in [1.165, 1.54) is 6.07 Å². The molecule has 1 amide bonds. The van der Waals surface area contributed by atoms with Crippen molar-refractivity contribution in [2.45, 2.75) is 13.0 Å². The van der Waals surface area contributed by atoms with Crippen LogP contribution in [0.3, 0.4) is 0 Å². The van der Waals surface area contributed by atoms with E-state index in [9.17, 15) is 9.18 Å². The van der Waals surface area contributed by atoms with Crippen LogP contribution in [0.5, 0.6) is 11.5 Å². The van der Waals surface area contributed by atoms with E-state index >= 15 is 0 Å². The maximum Gasteiger partial charge on any atom is 0.231 e. The molecule has 1 aliphatic heterocycles. The lowest BCUT2D eigenvalue weighted by atomic mass is 10.1. The molecule has 0 saturated carbocycles. The molecule has 1 aliphatic rings. The van der Waals surface area contributed by atoms with Gasteiger partial charge in [0.2, 0.25) is 12.7 Å². The monoisotopic (exact) mass is 354 g/mol. The Morgan fingerprint density at radius 3 is 2.85 bits per heavy atom. The molecule has 1 aromatic heterocycles. The highest BCUT2D eigenvalue weighted by atomic mass is 19.1. The lowest BCUT2D eigenvalue weighted by molar-refractivity contribution is -0.120. The molecule has 7 heteroatoms. The van der Waals surface area contributed by atoms with Crippen molar-refractivity contribution < 1.29 is 23.2 Å². The molecule has 0 bridgehead atoms. The molecule has 1 N–H and O–H groups in total. The van der Waals surface area contributed by atoms with Crippen LogP contribution in [-0.4, -0.2) is 17.9 Å². The van der Waals surface area contributed by atoms with Crippen molar-refractivity contribution in [2.75, 3.05) is 6.79 Å². The Bertz CT molecular complexity index is 954. The van der Waals surface area contributed by atoms with Gasteiger partial charge in [-0.2, -0.15) is 0 Å². The fourth-order valence-electron chi connectivity index (χ4n) is 2.66. The van der Waals surface area contributed by atoms with Crippen molar-refractivity contribution in [3.05, 3.63) is 65.6 Å². The fourth-order valence-corrected chi connectivity index (χ4v) is 2.66. The Labute approximate surface area is 148 Å². The van der Waals surface area contributed by atoms with Crippen LogP contribution in [0.1, 0.15) is 11.3 Å². The van der Waals surface area contributed by atoms with E-state index in [2.05, 4.69) is 10.5 Å². The highest BCUT2D eigenvalue weighted by molar-refractivity contribution is 5.78. The minimum absolute atomic E-state index is 0.0442. The molecule has 2 heterocycles. The summed E-state index contributed by atoms with van der Waals surface area (Å²) in [6, 6.07) is 13.3. The van der Waals surface area contributed by atoms with Gasteiger partial charge in [0.05, 0.1) is 17.7 Å². The number of carbonyl (C=O) groups is 1. The fraction of sp³-hybridized carbons (Fsp3) is 0.158. The van der Waals surface area contributed by atoms with Gasteiger partial charge in [-0.25, -0.2) is 4.39 Å². The Kier molecular flexibility index (Phi) is 4.27. The number of carbonyl (C=O) groups excluding carboxylic acids is 1. The molecule has 0 atom stereocenters. The molecule has 3 aromatic rings. The van der Waals surface area contributed by atoms with Gasteiger partial charge in [-0.1, -0.05) is 23.4 Å².